The van der Waals surface area contributed by atoms with Crippen LogP contribution in [0.4, 0.5) is 0 Å². The van der Waals surface area contributed by atoms with Gasteiger partial charge in [-0.3, -0.25) is 14.6 Å². The molecule has 0 radical (unpaired) electrons. The van der Waals surface area contributed by atoms with E-state index in [2.05, 4.69) is 10.3 Å². The van der Waals surface area contributed by atoms with Crippen molar-refractivity contribution < 1.29 is 9.59 Å². The average molecular weight is 387 g/mol. The standard InChI is InChI=1S/C24H25N3O2/c1-19(28)27(18-22-10-6-3-7-11-22)23(16-20-8-4-2-5-9-20)24(29)26-17-21-12-14-25-15-13-21/h2-15,23H,16-18H2,1H3,(H,26,29). The average Bonchev–Trinajstić information content (AvgIpc) is 2.76. The minimum atomic E-state index is -0.600. The van der Waals surface area contributed by atoms with Gasteiger partial charge in [-0.1, -0.05) is 60.7 Å². The first-order valence-electron chi connectivity index (χ1n) is 9.65. The van der Waals surface area contributed by atoms with E-state index in [0.717, 1.165) is 16.7 Å². The second-order valence-electron chi connectivity index (χ2n) is 6.91. The molecule has 29 heavy (non-hydrogen) atoms. The molecular weight excluding hydrogens is 362 g/mol. The number of rotatable bonds is 8. The Morgan fingerprint density at radius 2 is 1.45 bits per heavy atom. The van der Waals surface area contributed by atoms with Gasteiger partial charge in [-0.05, 0) is 28.8 Å². The van der Waals surface area contributed by atoms with Crippen LogP contribution < -0.4 is 5.32 Å². The number of benzene rings is 2. The van der Waals surface area contributed by atoms with Crippen LogP contribution in [0.1, 0.15) is 23.6 Å². The summed E-state index contributed by atoms with van der Waals surface area (Å²) in [6, 6.07) is 22.6. The summed E-state index contributed by atoms with van der Waals surface area (Å²) in [5, 5.41) is 2.98. The van der Waals surface area contributed by atoms with Crippen molar-refractivity contribution in [1.82, 2.24) is 15.2 Å². The summed E-state index contributed by atoms with van der Waals surface area (Å²) >= 11 is 0. The van der Waals surface area contributed by atoms with Crippen molar-refractivity contribution in [3.05, 3.63) is 102 Å². The summed E-state index contributed by atoms with van der Waals surface area (Å²) in [4.78, 5) is 31.3. The number of pyridine rings is 1. The molecule has 2 amide bonds. The lowest BCUT2D eigenvalue weighted by atomic mass is 10.0. The van der Waals surface area contributed by atoms with Gasteiger partial charge in [-0.15, -0.1) is 0 Å². The number of carbonyl (C=O) groups is 2. The van der Waals surface area contributed by atoms with Crippen molar-refractivity contribution in [3.8, 4) is 0 Å². The molecule has 1 atom stereocenters. The summed E-state index contributed by atoms with van der Waals surface area (Å²) in [5.41, 5.74) is 2.96. The van der Waals surface area contributed by atoms with Gasteiger partial charge < -0.3 is 10.2 Å². The summed E-state index contributed by atoms with van der Waals surface area (Å²) in [7, 11) is 0. The highest BCUT2D eigenvalue weighted by Crippen LogP contribution is 2.15. The van der Waals surface area contributed by atoms with Gasteiger partial charge in [0.15, 0.2) is 0 Å². The summed E-state index contributed by atoms with van der Waals surface area (Å²) in [5.74, 6) is -0.300. The third-order valence-corrected chi connectivity index (χ3v) is 4.77. The quantitative estimate of drug-likeness (QED) is 0.645. The molecule has 0 saturated carbocycles. The first-order valence-corrected chi connectivity index (χ1v) is 9.65. The van der Waals surface area contributed by atoms with Gasteiger partial charge >= 0.3 is 0 Å². The van der Waals surface area contributed by atoms with Crippen molar-refractivity contribution in [3.63, 3.8) is 0 Å². The van der Waals surface area contributed by atoms with Gasteiger partial charge in [0.05, 0.1) is 0 Å². The molecule has 3 aromatic rings. The molecule has 0 bridgehead atoms. The fourth-order valence-electron chi connectivity index (χ4n) is 3.21. The molecule has 0 saturated heterocycles. The van der Waals surface area contributed by atoms with E-state index in [1.165, 1.54) is 6.92 Å². The molecule has 5 heteroatoms. The van der Waals surface area contributed by atoms with E-state index < -0.39 is 6.04 Å². The highest BCUT2D eigenvalue weighted by Gasteiger charge is 2.28. The molecule has 0 spiro atoms. The lowest BCUT2D eigenvalue weighted by Crippen LogP contribution is -2.49. The number of hydrogen-bond acceptors (Lipinski definition) is 3. The van der Waals surface area contributed by atoms with Crippen LogP contribution in [0.15, 0.2) is 85.2 Å². The summed E-state index contributed by atoms with van der Waals surface area (Å²) in [6.45, 7) is 2.29. The SMILES string of the molecule is CC(=O)N(Cc1ccccc1)C(Cc1ccccc1)C(=O)NCc1ccncc1. The topological polar surface area (TPSA) is 62.3 Å². The molecule has 148 valence electrons. The van der Waals surface area contributed by atoms with Crippen LogP contribution in [0.3, 0.4) is 0 Å². The molecule has 0 aliphatic carbocycles. The molecule has 3 rings (SSSR count). The molecule has 1 heterocycles. The Labute approximate surface area is 171 Å². The maximum Gasteiger partial charge on any atom is 0.243 e. The summed E-state index contributed by atoms with van der Waals surface area (Å²) < 4.78 is 0. The Balaban J connectivity index is 1.81. The number of nitrogens with one attached hydrogen (secondary N) is 1. The van der Waals surface area contributed by atoms with Crippen molar-refractivity contribution in [1.29, 1.82) is 0 Å². The van der Waals surface area contributed by atoms with E-state index in [0.29, 0.717) is 19.5 Å². The van der Waals surface area contributed by atoms with Gasteiger partial charge in [-0.2, -0.15) is 0 Å². The molecule has 1 N–H and O–H groups in total. The largest absolute Gasteiger partial charge is 0.350 e. The fourth-order valence-corrected chi connectivity index (χ4v) is 3.21. The van der Waals surface area contributed by atoms with E-state index in [9.17, 15) is 9.59 Å². The van der Waals surface area contributed by atoms with E-state index in [1.807, 2.05) is 72.8 Å². The Morgan fingerprint density at radius 3 is 2.03 bits per heavy atom. The number of amides is 2. The highest BCUT2D eigenvalue weighted by molar-refractivity contribution is 5.87. The van der Waals surface area contributed by atoms with Crippen molar-refractivity contribution in [2.45, 2.75) is 32.5 Å². The molecule has 2 aromatic carbocycles. The number of hydrogen-bond donors (Lipinski definition) is 1. The zero-order valence-corrected chi connectivity index (χ0v) is 16.5. The minimum absolute atomic E-state index is 0.131. The molecule has 5 nitrogen and oxygen atoms in total. The summed E-state index contributed by atoms with van der Waals surface area (Å²) in [6.07, 6.45) is 3.84. The van der Waals surface area contributed by atoms with Crippen molar-refractivity contribution >= 4 is 11.8 Å². The Hall–Kier alpha value is -3.47. The molecule has 0 aliphatic heterocycles. The zero-order chi connectivity index (χ0) is 20.5. The van der Waals surface area contributed by atoms with E-state index in [1.54, 1.807) is 17.3 Å². The molecule has 0 aliphatic rings. The molecule has 1 aromatic heterocycles. The van der Waals surface area contributed by atoms with E-state index >= 15 is 0 Å². The number of aromatic nitrogens is 1. The van der Waals surface area contributed by atoms with Crippen LogP contribution in [0.5, 0.6) is 0 Å². The van der Waals surface area contributed by atoms with Crippen molar-refractivity contribution in [2.24, 2.45) is 0 Å². The first kappa shape index (κ1) is 20.3. The zero-order valence-electron chi connectivity index (χ0n) is 16.5. The Bertz CT molecular complexity index is 915. The number of carbonyl (C=O) groups excluding carboxylic acids is 2. The van der Waals surface area contributed by atoms with E-state index in [4.69, 9.17) is 0 Å². The smallest absolute Gasteiger partial charge is 0.243 e. The van der Waals surface area contributed by atoms with Crippen LogP contribution in [-0.4, -0.2) is 27.7 Å². The Kier molecular flexibility index (Phi) is 7.11. The van der Waals surface area contributed by atoms with E-state index in [-0.39, 0.29) is 11.8 Å². The number of nitrogens with zero attached hydrogens (tertiary/aromatic N) is 2. The monoisotopic (exact) mass is 387 g/mol. The van der Waals surface area contributed by atoms with Crippen LogP contribution in [-0.2, 0) is 29.1 Å². The molecular formula is C24H25N3O2. The second-order valence-corrected chi connectivity index (χ2v) is 6.91. The van der Waals surface area contributed by atoms with Gasteiger partial charge in [0.2, 0.25) is 11.8 Å². The third kappa shape index (κ3) is 6.01. The second kappa shape index (κ2) is 10.2. The lowest BCUT2D eigenvalue weighted by molar-refractivity contribution is -0.139. The van der Waals surface area contributed by atoms with Gasteiger partial charge in [0, 0.05) is 38.8 Å². The van der Waals surface area contributed by atoms with Crippen LogP contribution in [0, 0.1) is 0 Å². The maximum absolute atomic E-state index is 13.1. The molecule has 0 fully saturated rings. The van der Waals surface area contributed by atoms with Crippen molar-refractivity contribution in [2.75, 3.05) is 0 Å². The molecule has 1 unspecified atom stereocenters. The van der Waals surface area contributed by atoms with Crippen LogP contribution in [0.2, 0.25) is 0 Å². The van der Waals surface area contributed by atoms with Gasteiger partial charge in [0.1, 0.15) is 6.04 Å². The third-order valence-electron chi connectivity index (χ3n) is 4.77. The van der Waals surface area contributed by atoms with Crippen LogP contribution in [0.25, 0.3) is 0 Å². The predicted molar refractivity (Wildman–Crippen MR) is 113 cm³/mol. The fraction of sp³-hybridized carbons (Fsp3) is 0.208. The van der Waals surface area contributed by atoms with Gasteiger partial charge in [0.25, 0.3) is 0 Å². The lowest BCUT2D eigenvalue weighted by Gasteiger charge is -2.30. The maximum atomic E-state index is 13.1. The predicted octanol–water partition coefficient (Wildman–Crippen LogP) is 3.36. The Morgan fingerprint density at radius 1 is 0.862 bits per heavy atom. The van der Waals surface area contributed by atoms with Gasteiger partial charge in [-0.25, -0.2) is 0 Å². The van der Waals surface area contributed by atoms with Crippen LogP contribution >= 0.6 is 0 Å². The first-order chi connectivity index (χ1) is 14.1. The highest BCUT2D eigenvalue weighted by atomic mass is 16.2. The normalized spacial score (nSPS) is 11.5. The minimum Gasteiger partial charge on any atom is -0.350 e.